The van der Waals surface area contributed by atoms with E-state index in [-0.39, 0.29) is 12.7 Å². The van der Waals surface area contributed by atoms with Gasteiger partial charge in [0.25, 0.3) is 0 Å². The van der Waals surface area contributed by atoms with Crippen LogP contribution in [0.25, 0.3) is 0 Å². The van der Waals surface area contributed by atoms with Gasteiger partial charge < -0.3 is 14.7 Å². The van der Waals surface area contributed by atoms with Gasteiger partial charge in [0.15, 0.2) is 0 Å². The van der Waals surface area contributed by atoms with Gasteiger partial charge >= 0.3 is 0 Å². The molecule has 0 aliphatic carbocycles. The second-order valence-corrected chi connectivity index (χ2v) is 4.12. The maximum atomic E-state index is 11.0. The normalized spacial score (nSPS) is 35.3. The smallest absolute Gasteiger partial charge is 0.217 e. The lowest BCUT2D eigenvalue weighted by molar-refractivity contribution is -0.177. The molecule has 0 amide bonds. The zero-order chi connectivity index (χ0) is 9.84. The van der Waals surface area contributed by atoms with Crippen LogP contribution in [0.5, 0.6) is 0 Å². The predicted molar refractivity (Wildman–Crippen MR) is 49.6 cm³/mol. The van der Waals surface area contributed by atoms with E-state index in [1.54, 1.807) is 6.92 Å². The summed E-state index contributed by atoms with van der Waals surface area (Å²) in [5.41, 5.74) is 0. The van der Waals surface area contributed by atoms with E-state index in [4.69, 9.17) is 22.2 Å². The standard InChI is InChI=1S/C7H12BO4P/c1-2-13(10)12-5-3-7(8)11-6(5)4-9/h2,5-7,9H,3-4H2,1H3. The summed E-state index contributed by atoms with van der Waals surface area (Å²) >= 11 is 0. The minimum atomic E-state index is -1.76. The van der Waals surface area contributed by atoms with Gasteiger partial charge in [-0.15, -0.1) is 0 Å². The molecule has 1 aliphatic rings. The van der Waals surface area contributed by atoms with Gasteiger partial charge in [-0.3, -0.25) is 0 Å². The average molecular weight is 202 g/mol. The third-order valence-electron chi connectivity index (χ3n) is 1.86. The highest BCUT2D eigenvalue weighted by Gasteiger charge is 2.35. The van der Waals surface area contributed by atoms with Crippen molar-refractivity contribution in [3.8, 4) is 0 Å². The molecule has 4 atom stereocenters. The Balaban J connectivity index is 2.48. The molecule has 0 spiro atoms. The second kappa shape index (κ2) is 5.08. The number of ether oxygens (including phenoxy) is 1. The largest absolute Gasteiger partial charge is 0.603 e. The van der Waals surface area contributed by atoms with Crippen LogP contribution in [0.4, 0.5) is 0 Å². The summed E-state index contributed by atoms with van der Waals surface area (Å²) in [7, 11) is 3.73. The van der Waals surface area contributed by atoms with E-state index in [1.165, 1.54) is 5.80 Å². The fourth-order valence-electron chi connectivity index (χ4n) is 1.21. The number of hydrogen-bond donors (Lipinski definition) is 1. The Kier molecular flexibility index (Phi) is 4.36. The quantitative estimate of drug-likeness (QED) is 0.477. The minimum Gasteiger partial charge on any atom is -0.603 e. The fourth-order valence-corrected chi connectivity index (χ4v) is 1.82. The first-order valence-corrected chi connectivity index (χ1v) is 5.36. The van der Waals surface area contributed by atoms with E-state index >= 15 is 0 Å². The van der Waals surface area contributed by atoms with Gasteiger partial charge in [0, 0.05) is 6.00 Å². The molecule has 72 valence electrons. The summed E-state index contributed by atoms with van der Waals surface area (Å²) in [6.07, 6.45) is -0.339. The first kappa shape index (κ1) is 11.2. The zero-order valence-electron chi connectivity index (χ0n) is 7.42. The number of hydrogen-bond acceptors (Lipinski definition) is 4. The van der Waals surface area contributed by atoms with Crippen LogP contribution in [0.3, 0.4) is 0 Å². The van der Waals surface area contributed by atoms with Crippen molar-refractivity contribution in [2.45, 2.75) is 31.6 Å². The maximum absolute atomic E-state index is 11.0. The molecule has 0 aromatic heterocycles. The first-order valence-electron chi connectivity index (χ1n) is 4.12. The third kappa shape index (κ3) is 3.04. The number of rotatable bonds is 3. The molecule has 1 heterocycles. The molecule has 6 heteroatoms. The molecule has 13 heavy (non-hydrogen) atoms. The maximum Gasteiger partial charge on any atom is 0.217 e. The Bertz CT molecular complexity index is 199. The van der Waals surface area contributed by atoms with Gasteiger partial charge in [-0.25, -0.2) is 0 Å². The Labute approximate surface area is 79.8 Å². The molecule has 2 radical (unpaired) electrons. The number of aliphatic hydroxyl groups excluding tert-OH is 1. The van der Waals surface area contributed by atoms with E-state index in [0.29, 0.717) is 6.42 Å². The van der Waals surface area contributed by atoms with Gasteiger partial charge in [0.05, 0.1) is 6.61 Å². The van der Waals surface area contributed by atoms with Crippen molar-refractivity contribution in [2.75, 3.05) is 6.61 Å². The fraction of sp³-hybridized carbons (Fsp3) is 0.857. The molecule has 1 N–H and O–H groups in total. The summed E-state index contributed by atoms with van der Waals surface area (Å²) in [6, 6.07) is -0.428. The Hall–Kier alpha value is 0.0749. The lowest BCUT2D eigenvalue weighted by Gasteiger charge is -2.12. The summed E-state index contributed by atoms with van der Waals surface area (Å²) in [5.74, 6) is 1.47. The second-order valence-electron chi connectivity index (χ2n) is 2.82. The first-order chi connectivity index (χ1) is 6.17. The molecule has 1 aliphatic heterocycles. The van der Waals surface area contributed by atoms with Gasteiger partial charge in [0.2, 0.25) is 8.00 Å². The van der Waals surface area contributed by atoms with E-state index < -0.39 is 20.1 Å². The average Bonchev–Trinajstić information content (AvgIpc) is 2.46. The highest BCUT2D eigenvalue weighted by atomic mass is 31.1. The van der Waals surface area contributed by atoms with E-state index in [0.717, 1.165) is 0 Å². The van der Waals surface area contributed by atoms with Crippen molar-refractivity contribution in [3.05, 3.63) is 0 Å². The van der Waals surface area contributed by atoms with Gasteiger partial charge in [-0.05, 0) is 13.3 Å². The molecule has 0 aromatic carbocycles. The summed E-state index contributed by atoms with van der Waals surface area (Å²) in [5, 5.41) is 8.87. The Morgan fingerprint density at radius 2 is 2.54 bits per heavy atom. The van der Waals surface area contributed by atoms with Crippen LogP contribution in [0.2, 0.25) is 0 Å². The molecule has 1 fully saturated rings. The van der Waals surface area contributed by atoms with Crippen molar-refractivity contribution in [2.24, 2.45) is 0 Å². The summed E-state index contributed by atoms with van der Waals surface area (Å²) < 4.78 is 10.3. The van der Waals surface area contributed by atoms with Crippen LogP contribution in [-0.2, 0) is 9.26 Å². The molecule has 4 nitrogen and oxygen atoms in total. The van der Waals surface area contributed by atoms with Crippen molar-refractivity contribution in [3.63, 3.8) is 0 Å². The third-order valence-corrected chi connectivity index (χ3v) is 2.76. The molecular weight excluding hydrogens is 190 g/mol. The highest BCUT2D eigenvalue weighted by Crippen LogP contribution is 2.27. The molecule has 0 aromatic rings. The van der Waals surface area contributed by atoms with Gasteiger partial charge in [-0.1, -0.05) is 0 Å². The minimum absolute atomic E-state index is 0.161. The topological polar surface area (TPSA) is 61.8 Å². The van der Waals surface area contributed by atoms with Crippen LogP contribution in [0.1, 0.15) is 13.3 Å². The Morgan fingerprint density at radius 3 is 3.08 bits per heavy atom. The molecule has 1 saturated heterocycles. The lowest BCUT2D eigenvalue weighted by atomic mass is 9.96. The molecular formula is C7H12BO4P. The van der Waals surface area contributed by atoms with Crippen molar-refractivity contribution >= 4 is 21.6 Å². The van der Waals surface area contributed by atoms with Gasteiger partial charge in [0.1, 0.15) is 25.9 Å². The van der Waals surface area contributed by atoms with Gasteiger partial charge in [-0.2, -0.15) is 4.52 Å². The molecule has 0 saturated carbocycles. The Morgan fingerprint density at radius 1 is 1.85 bits per heavy atom. The van der Waals surface area contributed by atoms with Crippen LogP contribution < -0.4 is 4.89 Å². The number of aliphatic hydroxyl groups is 1. The van der Waals surface area contributed by atoms with E-state index in [9.17, 15) is 4.89 Å². The van der Waals surface area contributed by atoms with Crippen molar-refractivity contribution < 1.29 is 19.3 Å². The predicted octanol–water partition coefficient (Wildman–Crippen LogP) is -0.858. The monoisotopic (exact) mass is 202 g/mol. The summed E-state index contributed by atoms with van der Waals surface area (Å²) in [4.78, 5) is 11.0. The van der Waals surface area contributed by atoms with Crippen LogP contribution in [0, 0.1) is 0 Å². The van der Waals surface area contributed by atoms with Crippen LogP contribution in [-0.4, -0.2) is 43.6 Å². The van der Waals surface area contributed by atoms with E-state index in [1.807, 2.05) is 0 Å². The van der Waals surface area contributed by atoms with Crippen molar-refractivity contribution in [1.29, 1.82) is 0 Å². The SMILES string of the molecule is [B]C1CC(O[P+]([O-])=CC)C(CO)O1. The summed E-state index contributed by atoms with van der Waals surface area (Å²) in [6.45, 7) is 1.49. The zero-order valence-corrected chi connectivity index (χ0v) is 8.31. The molecule has 4 unspecified atom stereocenters. The van der Waals surface area contributed by atoms with Crippen molar-refractivity contribution in [1.82, 2.24) is 0 Å². The van der Waals surface area contributed by atoms with Crippen LogP contribution >= 0.6 is 8.00 Å². The highest BCUT2D eigenvalue weighted by molar-refractivity contribution is 7.44. The molecule has 0 bridgehead atoms. The molecule has 1 rings (SSSR count). The lowest BCUT2D eigenvalue weighted by Crippen LogP contribution is -2.26. The van der Waals surface area contributed by atoms with E-state index in [2.05, 4.69) is 0 Å². The van der Waals surface area contributed by atoms with Crippen LogP contribution in [0.15, 0.2) is 0 Å².